The van der Waals surface area contributed by atoms with E-state index in [0.717, 1.165) is 31.5 Å². The molecule has 0 aliphatic heterocycles. The molecule has 0 spiro atoms. The number of rotatable bonds is 7. The molecule has 2 unspecified atom stereocenters. The maximum Gasteiger partial charge on any atom is 0.573 e. The van der Waals surface area contributed by atoms with Crippen LogP contribution in [0.2, 0.25) is 0 Å². The monoisotopic (exact) mass is 301 g/mol. The van der Waals surface area contributed by atoms with E-state index in [9.17, 15) is 13.2 Å². The summed E-state index contributed by atoms with van der Waals surface area (Å²) < 4.78 is 40.1. The lowest BCUT2D eigenvalue weighted by molar-refractivity contribution is -0.274. The maximum atomic E-state index is 12.1. The molecule has 1 N–H and O–H groups in total. The third-order valence-corrected chi connectivity index (χ3v) is 4.06. The average Bonchev–Trinajstić information content (AvgIpc) is 2.40. The molecule has 0 aromatic heterocycles. The van der Waals surface area contributed by atoms with Crippen LogP contribution in [0, 0.1) is 11.8 Å². The molecule has 1 aliphatic carbocycles. The van der Waals surface area contributed by atoms with Gasteiger partial charge in [0.25, 0.3) is 0 Å². The van der Waals surface area contributed by atoms with Crippen LogP contribution in [-0.2, 0) is 6.42 Å². The van der Waals surface area contributed by atoms with Gasteiger partial charge in [0.2, 0.25) is 0 Å². The summed E-state index contributed by atoms with van der Waals surface area (Å²) in [5.74, 6) is 1.19. The van der Waals surface area contributed by atoms with E-state index in [1.54, 1.807) is 12.1 Å². The number of hydrogen-bond donors (Lipinski definition) is 1. The first kappa shape index (κ1) is 16.1. The molecule has 5 heteroatoms. The van der Waals surface area contributed by atoms with Crippen molar-refractivity contribution in [3.63, 3.8) is 0 Å². The number of halogens is 3. The Morgan fingerprint density at radius 1 is 1.14 bits per heavy atom. The minimum absolute atomic E-state index is 0.152. The molecule has 0 radical (unpaired) electrons. The molecule has 0 bridgehead atoms. The zero-order valence-corrected chi connectivity index (χ0v) is 12.2. The van der Waals surface area contributed by atoms with Gasteiger partial charge in [-0.3, -0.25) is 0 Å². The van der Waals surface area contributed by atoms with Crippen molar-refractivity contribution in [3.05, 3.63) is 29.8 Å². The van der Waals surface area contributed by atoms with Gasteiger partial charge in [-0.05, 0) is 68.3 Å². The van der Waals surface area contributed by atoms with Gasteiger partial charge >= 0.3 is 6.36 Å². The Bertz CT molecular complexity index is 430. The Hall–Kier alpha value is -1.23. The lowest BCUT2D eigenvalue weighted by Gasteiger charge is -2.37. The summed E-state index contributed by atoms with van der Waals surface area (Å²) in [5.41, 5.74) is 1.08. The fourth-order valence-electron chi connectivity index (χ4n) is 2.77. The second-order valence-corrected chi connectivity index (χ2v) is 5.70. The molecule has 1 fully saturated rings. The van der Waals surface area contributed by atoms with Crippen LogP contribution in [0.4, 0.5) is 13.2 Å². The van der Waals surface area contributed by atoms with Gasteiger partial charge in [-0.2, -0.15) is 0 Å². The highest BCUT2D eigenvalue weighted by atomic mass is 19.4. The van der Waals surface area contributed by atoms with E-state index in [1.807, 2.05) is 0 Å². The van der Waals surface area contributed by atoms with Crippen molar-refractivity contribution >= 4 is 0 Å². The first-order valence-corrected chi connectivity index (χ1v) is 7.53. The average molecular weight is 301 g/mol. The van der Waals surface area contributed by atoms with Gasteiger partial charge in [0, 0.05) is 0 Å². The third-order valence-electron chi connectivity index (χ3n) is 4.06. The molecule has 1 aliphatic rings. The number of hydrogen-bond acceptors (Lipinski definition) is 2. The molecule has 2 atom stereocenters. The molecule has 21 heavy (non-hydrogen) atoms. The minimum Gasteiger partial charge on any atom is -0.406 e. The molecule has 1 saturated carbocycles. The van der Waals surface area contributed by atoms with E-state index < -0.39 is 6.36 Å². The molecule has 0 heterocycles. The SMILES string of the molecule is CCCNCC1CCC1Cc1ccc(OC(F)(F)F)cc1. The van der Waals surface area contributed by atoms with Crippen molar-refractivity contribution in [3.8, 4) is 5.75 Å². The van der Waals surface area contributed by atoms with Crippen molar-refractivity contribution < 1.29 is 17.9 Å². The molecule has 1 aromatic carbocycles. The van der Waals surface area contributed by atoms with Gasteiger partial charge in [0.15, 0.2) is 0 Å². The highest BCUT2D eigenvalue weighted by Crippen LogP contribution is 2.36. The topological polar surface area (TPSA) is 21.3 Å². The van der Waals surface area contributed by atoms with E-state index in [1.165, 1.54) is 25.0 Å². The highest BCUT2D eigenvalue weighted by molar-refractivity contribution is 5.28. The van der Waals surface area contributed by atoms with Gasteiger partial charge < -0.3 is 10.1 Å². The number of benzene rings is 1. The predicted molar refractivity (Wildman–Crippen MR) is 76.2 cm³/mol. The predicted octanol–water partition coefficient (Wildman–Crippen LogP) is 4.15. The first-order valence-electron chi connectivity index (χ1n) is 7.53. The molecule has 118 valence electrons. The van der Waals surface area contributed by atoms with Crippen molar-refractivity contribution in [1.82, 2.24) is 5.32 Å². The van der Waals surface area contributed by atoms with Crippen molar-refractivity contribution in [1.29, 1.82) is 0 Å². The van der Waals surface area contributed by atoms with Crippen molar-refractivity contribution in [2.24, 2.45) is 11.8 Å². The van der Waals surface area contributed by atoms with E-state index in [-0.39, 0.29) is 5.75 Å². The summed E-state index contributed by atoms with van der Waals surface area (Å²) in [5, 5.41) is 3.44. The smallest absolute Gasteiger partial charge is 0.406 e. The van der Waals surface area contributed by atoms with Crippen LogP contribution in [0.5, 0.6) is 5.75 Å². The summed E-state index contributed by atoms with van der Waals surface area (Å²) in [6.07, 6.45) is -0.0930. The second-order valence-electron chi connectivity index (χ2n) is 5.70. The summed E-state index contributed by atoms with van der Waals surface area (Å²) >= 11 is 0. The largest absolute Gasteiger partial charge is 0.573 e. The standard InChI is InChI=1S/C16H22F3NO/c1-2-9-20-11-14-6-5-13(14)10-12-3-7-15(8-4-12)21-16(17,18)19/h3-4,7-8,13-14,20H,2,5-6,9-11H2,1H3. The second kappa shape index (κ2) is 7.16. The summed E-state index contributed by atoms with van der Waals surface area (Å²) in [4.78, 5) is 0. The summed E-state index contributed by atoms with van der Waals surface area (Å²) in [6.45, 7) is 4.25. The Balaban J connectivity index is 1.80. The Morgan fingerprint density at radius 2 is 1.81 bits per heavy atom. The molecular formula is C16H22F3NO. The normalized spacial score (nSPS) is 21.9. The molecule has 2 nitrogen and oxygen atoms in total. The lowest BCUT2D eigenvalue weighted by Crippen LogP contribution is -2.36. The molecule has 1 aromatic rings. The van der Waals surface area contributed by atoms with E-state index in [2.05, 4.69) is 17.0 Å². The van der Waals surface area contributed by atoms with Crippen molar-refractivity contribution in [2.75, 3.05) is 13.1 Å². The molecule has 2 rings (SSSR count). The Kier molecular flexibility index (Phi) is 5.51. The van der Waals surface area contributed by atoms with E-state index in [0.29, 0.717) is 11.8 Å². The molecule has 0 saturated heterocycles. The van der Waals surface area contributed by atoms with Crippen LogP contribution in [0.1, 0.15) is 31.7 Å². The van der Waals surface area contributed by atoms with Crippen LogP contribution in [0.25, 0.3) is 0 Å². The Labute approximate surface area is 123 Å². The summed E-state index contributed by atoms with van der Waals surface area (Å²) in [6, 6.07) is 6.25. The van der Waals surface area contributed by atoms with Crippen LogP contribution < -0.4 is 10.1 Å². The summed E-state index contributed by atoms with van der Waals surface area (Å²) in [7, 11) is 0. The minimum atomic E-state index is -4.62. The highest BCUT2D eigenvalue weighted by Gasteiger charge is 2.32. The quantitative estimate of drug-likeness (QED) is 0.764. The zero-order valence-electron chi connectivity index (χ0n) is 12.2. The number of nitrogens with one attached hydrogen (secondary N) is 1. The number of ether oxygens (including phenoxy) is 1. The van der Waals surface area contributed by atoms with Crippen LogP contribution in [0.3, 0.4) is 0 Å². The van der Waals surface area contributed by atoms with Gasteiger partial charge in [-0.15, -0.1) is 13.2 Å². The third kappa shape index (κ3) is 5.23. The van der Waals surface area contributed by atoms with Gasteiger partial charge in [-0.25, -0.2) is 0 Å². The van der Waals surface area contributed by atoms with Gasteiger partial charge in [0.05, 0.1) is 0 Å². The van der Waals surface area contributed by atoms with E-state index >= 15 is 0 Å². The van der Waals surface area contributed by atoms with Crippen LogP contribution in [-0.4, -0.2) is 19.5 Å². The maximum absolute atomic E-state index is 12.1. The lowest BCUT2D eigenvalue weighted by atomic mass is 9.70. The fourth-order valence-corrected chi connectivity index (χ4v) is 2.77. The molecule has 0 amide bonds. The van der Waals surface area contributed by atoms with Gasteiger partial charge in [-0.1, -0.05) is 19.1 Å². The Morgan fingerprint density at radius 3 is 2.33 bits per heavy atom. The van der Waals surface area contributed by atoms with Gasteiger partial charge in [0.1, 0.15) is 5.75 Å². The van der Waals surface area contributed by atoms with Crippen LogP contribution in [0.15, 0.2) is 24.3 Å². The van der Waals surface area contributed by atoms with E-state index in [4.69, 9.17) is 0 Å². The zero-order chi connectivity index (χ0) is 15.3. The molecular weight excluding hydrogens is 279 g/mol. The first-order chi connectivity index (χ1) is 9.98. The van der Waals surface area contributed by atoms with Crippen LogP contribution >= 0.6 is 0 Å². The van der Waals surface area contributed by atoms with Crippen molar-refractivity contribution in [2.45, 2.75) is 39.0 Å². The fraction of sp³-hybridized carbons (Fsp3) is 0.625. The number of alkyl halides is 3.